The summed E-state index contributed by atoms with van der Waals surface area (Å²) in [7, 11) is 0. The summed E-state index contributed by atoms with van der Waals surface area (Å²) in [6.07, 6.45) is 7.63. The van der Waals surface area contributed by atoms with Gasteiger partial charge in [-0.1, -0.05) is 72.8 Å². The zero-order valence-electron chi connectivity index (χ0n) is 11.8. The van der Waals surface area contributed by atoms with E-state index in [1.54, 1.807) is 0 Å². The van der Waals surface area contributed by atoms with E-state index in [0.717, 1.165) is 17.7 Å². The number of aliphatic hydroxyl groups is 1. The topological polar surface area (TPSA) is 23.5 Å². The molecule has 0 aromatic heterocycles. The van der Waals surface area contributed by atoms with Crippen molar-refractivity contribution in [1.82, 2.24) is 4.90 Å². The first-order valence-corrected chi connectivity index (χ1v) is 7.23. The van der Waals surface area contributed by atoms with Crippen molar-refractivity contribution in [3.63, 3.8) is 0 Å². The molecule has 1 aliphatic rings. The maximum absolute atomic E-state index is 10.9. The highest BCUT2D eigenvalue weighted by Crippen LogP contribution is 2.34. The molecule has 1 aliphatic heterocycles. The van der Waals surface area contributed by atoms with Crippen LogP contribution in [0.25, 0.3) is 0 Å². The van der Waals surface area contributed by atoms with Crippen LogP contribution in [-0.2, 0) is 0 Å². The van der Waals surface area contributed by atoms with Gasteiger partial charge in [-0.2, -0.15) is 0 Å². The third-order valence-corrected chi connectivity index (χ3v) is 3.78. The van der Waals surface area contributed by atoms with Crippen molar-refractivity contribution in [2.75, 3.05) is 6.54 Å². The predicted molar refractivity (Wildman–Crippen MR) is 85.6 cm³/mol. The van der Waals surface area contributed by atoms with Crippen LogP contribution in [0.3, 0.4) is 0 Å². The lowest BCUT2D eigenvalue weighted by atomic mass is 9.94. The summed E-state index contributed by atoms with van der Waals surface area (Å²) in [5.74, 6) is 0. The average Bonchev–Trinajstić information content (AvgIpc) is 2.58. The second kappa shape index (κ2) is 6.42. The van der Waals surface area contributed by atoms with Gasteiger partial charge in [0.25, 0.3) is 0 Å². The lowest BCUT2D eigenvalue weighted by Gasteiger charge is -2.35. The van der Waals surface area contributed by atoms with Crippen molar-refractivity contribution in [1.29, 1.82) is 0 Å². The molecule has 0 spiro atoms. The van der Waals surface area contributed by atoms with Gasteiger partial charge in [0.1, 0.15) is 6.10 Å². The number of allylic oxidation sites excluding steroid dienone is 2. The third-order valence-electron chi connectivity index (χ3n) is 3.78. The van der Waals surface area contributed by atoms with Crippen LogP contribution in [0.15, 0.2) is 85.1 Å². The van der Waals surface area contributed by atoms with Crippen molar-refractivity contribution in [3.05, 3.63) is 96.2 Å². The van der Waals surface area contributed by atoms with Crippen LogP contribution in [0.2, 0.25) is 0 Å². The van der Waals surface area contributed by atoms with Crippen LogP contribution in [0.5, 0.6) is 0 Å². The molecule has 2 heteroatoms. The summed E-state index contributed by atoms with van der Waals surface area (Å²) in [6.45, 7) is 0.806. The molecule has 2 nitrogen and oxygen atoms in total. The lowest BCUT2D eigenvalue weighted by Crippen LogP contribution is -2.30. The molecule has 2 aromatic rings. The predicted octanol–water partition coefficient (Wildman–Crippen LogP) is 3.85. The summed E-state index contributed by atoms with van der Waals surface area (Å²) in [5, 5.41) is 10.9. The Morgan fingerprint density at radius 3 is 2.00 bits per heavy atom. The Kier molecular flexibility index (Phi) is 4.17. The molecule has 2 atom stereocenters. The number of aliphatic hydroxyl groups excluding tert-OH is 1. The summed E-state index contributed by atoms with van der Waals surface area (Å²) in [6, 6.07) is 19.9. The van der Waals surface area contributed by atoms with Gasteiger partial charge in [-0.05, 0) is 17.2 Å². The van der Waals surface area contributed by atoms with E-state index in [1.807, 2.05) is 66.9 Å². The summed E-state index contributed by atoms with van der Waals surface area (Å²) >= 11 is 0. The maximum Gasteiger partial charge on any atom is 0.103 e. The van der Waals surface area contributed by atoms with E-state index in [2.05, 4.69) is 23.1 Å². The zero-order chi connectivity index (χ0) is 14.5. The van der Waals surface area contributed by atoms with E-state index < -0.39 is 6.10 Å². The largest absolute Gasteiger partial charge is 0.386 e. The number of hydrogen-bond acceptors (Lipinski definition) is 2. The second-order valence-corrected chi connectivity index (χ2v) is 5.18. The molecule has 0 amide bonds. The van der Waals surface area contributed by atoms with E-state index in [0.29, 0.717) is 0 Å². The number of nitrogens with zero attached hydrogens (tertiary/aromatic N) is 1. The van der Waals surface area contributed by atoms with Crippen LogP contribution >= 0.6 is 0 Å². The van der Waals surface area contributed by atoms with E-state index >= 15 is 0 Å². The van der Waals surface area contributed by atoms with Crippen LogP contribution in [0.4, 0.5) is 0 Å². The molecule has 1 heterocycles. The minimum Gasteiger partial charge on any atom is -0.386 e. The van der Waals surface area contributed by atoms with Crippen LogP contribution in [0, 0.1) is 0 Å². The molecule has 0 saturated heterocycles. The number of hydrogen-bond donors (Lipinski definition) is 1. The van der Waals surface area contributed by atoms with Crippen LogP contribution in [-0.4, -0.2) is 16.6 Å². The van der Waals surface area contributed by atoms with Crippen LogP contribution < -0.4 is 0 Å². The fraction of sp³-hybridized carbons (Fsp3) is 0.158. The van der Waals surface area contributed by atoms with Gasteiger partial charge in [-0.25, -0.2) is 0 Å². The van der Waals surface area contributed by atoms with Crippen molar-refractivity contribution in [2.45, 2.75) is 12.1 Å². The lowest BCUT2D eigenvalue weighted by molar-refractivity contribution is 0.0778. The highest BCUT2D eigenvalue weighted by Gasteiger charge is 2.27. The van der Waals surface area contributed by atoms with E-state index in [9.17, 15) is 5.11 Å². The molecule has 106 valence electrons. The highest BCUT2D eigenvalue weighted by molar-refractivity contribution is 5.28. The third kappa shape index (κ3) is 3.06. The molecule has 2 unspecified atom stereocenters. The summed E-state index contributed by atoms with van der Waals surface area (Å²) in [5.41, 5.74) is 2.06. The molecule has 1 N–H and O–H groups in total. The first-order chi connectivity index (χ1) is 10.4. The first-order valence-electron chi connectivity index (χ1n) is 7.23. The molecular weight excluding hydrogens is 258 g/mol. The minimum atomic E-state index is -0.565. The zero-order valence-corrected chi connectivity index (χ0v) is 11.8. The molecule has 0 radical (unpaired) electrons. The summed E-state index contributed by atoms with van der Waals surface area (Å²) in [4.78, 5) is 2.17. The maximum atomic E-state index is 10.9. The van der Waals surface area contributed by atoms with Gasteiger partial charge in [-0.3, -0.25) is 0 Å². The second-order valence-electron chi connectivity index (χ2n) is 5.18. The average molecular weight is 277 g/mol. The highest BCUT2D eigenvalue weighted by atomic mass is 16.3. The molecule has 0 bridgehead atoms. The number of rotatable bonds is 4. The molecule has 0 fully saturated rings. The molecule has 21 heavy (non-hydrogen) atoms. The molecule has 0 aliphatic carbocycles. The van der Waals surface area contributed by atoms with Gasteiger partial charge in [0.05, 0.1) is 6.04 Å². The monoisotopic (exact) mass is 277 g/mol. The SMILES string of the molecule is OC(c1ccccc1)C(c1ccccc1)N1C=CC=CC1. The van der Waals surface area contributed by atoms with E-state index in [4.69, 9.17) is 0 Å². The molecule has 2 aromatic carbocycles. The van der Waals surface area contributed by atoms with Gasteiger partial charge in [-0.15, -0.1) is 0 Å². The fourth-order valence-corrected chi connectivity index (χ4v) is 2.73. The standard InChI is InChI=1S/C19H19NO/c21-19(17-12-6-2-7-13-17)18(16-10-4-1-5-11-16)20-14-8-3-9-15-20/h1-14,18-19,21H,15H2. The number of benzene rings is 2. The van der Waals surface area contributed by atoms with Gasteiger partial charge in [0.15, 0.2) is 0 Å². The Morgan fingerprint density at radius 2 is 1.43 bits per heavy atom. The smallest absolute Gasteiger partial charge is 0.103 e. The van der Waals surface area contributed by atoms with Gasteiger partial charge < -0.3 is 10.0 Å². The van der Waals surface area contributed by atoms with Crippen molar-refractivity contribution in [3.8, 4) is 0 Å². The van der Waals surface area contributed by atoms with E-state index in [1.165, 1.54) is 0 Å². The van der Waals surface area contributed by atoms with Crippen LogP contribution in [0.1, 0.15) is 23.3 Å². The van der Waals surface area contributed by atoms with Crippen molar-refractivity contribution >= 4 is 0 Å². The normalized spacial score (nSPS) is 16.7. The van der Waals surface area contributed by atoms with Gasteiger partial charge in [0, 0.05) is 12.7 Å². The Hall–Kier alpha value is -2.32. The quantitative estimate of drug-likeness (QED) is 0.917. The van der Waals surface area contributed by atoms with Gasteiger partial charge in [0.2, 0.25) is 0 Å². The fourth-order valence-electron chi connectivity index (χ4n) is 2.73. The Morgan fingerprint density at radius 1 is 0.810 bits per heavy atom. The molecular formula is C19H19NO. The minimum absolute atomic E-state index is 0.0881. The Balaban J connectivity index is 1.96. The molecule has 0 saturated carbocycles. The Labute approximate surface area is 125 Å². The van der Waals surface area contributed by atoms with E-state index in [-0.39, 0.29) is 6.04 Å². The van der Waals surface area contributed by atoms with Gasteiger partial charge >= 0.3 is 0 Å². The van der Waals surface area contributed by atoms with Crippen molar-refractivity contribution < 1.29 is 5.11 Å². The van der Waals surface area contributed by atoms with Crippen molar-refractivity contribution in [2.24, 2.45) is 0 Å². The Bertz CT molecular complexity index is 619. The molecule has 3 rings (SSSR count). The summed E-state index contributed by atoms with van der Waals surface area (Å²) < 4.78 is 0. The first kappa shape index (κ1) is 13.7.